The highest BCUT2D eigenvalue weighted by Gasteiger charge is 2.31. The normalized spacial score (nSPS) is 11.4. The van der Waals surface area contributed by atoms with Gasteiger partial charge in [-0.3, -0.25) is 0 Å². The average Bonchev–Trinajstić information content (AvgIpc) is 0.696. The van der Waals surface area contributed by atoms with Crippen LogP contribution in [0.15, 0.2) is 485 Å². The summed E-state index contributed by atoms with van der Waals surface area (Å²) >= 11 is 0. The van der Waals surface area contributed by atoms with Crippen molar-refractivity contribution in [1.82, 2.24) is 0 Å². The minimum atomic E-state index is -0.751. The molecule has 24 aromatic rings. The zero-order valence-corrected chi connectivity index (χ0v) is 75.2. The average molecular weight is 1820 g/mol. The van der Waals surface area contributed by atoms with E-state index in [0.717, 1.165) is 79.2 Å². The molecule has 0 aromatic heterocycles. The third-order valence-electron chi connectivity index (χ3n) is 27.1. The highest BCUT2D eigenvalue weighted by molar-refractivity contribution is 6.36. The van der Waals surface area contributed by atoms with Gasteiger partial charge in [-0.2, -0.15) is 0 Å². The summed E-state index contributed by atoms with van der Waals surface area (Å²) in [6.45, 7) is 0. The highest BCUT2D eigenvalue weighted by atomic mass is 19.2. The Morgan fingerprint density at radius 1 is 0.100 bits per heavy atom. The summed E-state index contributed by atoms with van der Waals surface area (Å²) in [5.41, 5.74) is 27.8. The van der Waals surface area contributed by atoms with Crippen molar-refractivity contribution < 1.29 is 35.1 Å². The minimum Gasteiger partial charge on any atom is -0.207 e. The van der Waals surface area contributed by atoms with Crippen LogP contribution in [0, 0.1) is 46.5 Å². The molecule has 0 spiro atoms. The van der Waals surface area contributed by atoms with E-state index in [4.69, 9.17) is 0 Å². The van der Waals surface area contributed by atoms with E-state index in [-0.39, 0.29) is 22.3 Å². The van der Waals surface area contributed by atoms with Gasteiger partial charge in [-0.1, -0.05) is 388 Å². The Bertz CT molecular complexity index is 8370. The summed E-state index contributed by atoms with van der Waals surface area (Å²) in [6.07, 6.45) is 0. The van der Waals surface area contributed by atoms with Crippen molar-refractivity contribution in [1.29, 1.82) is 0 Å². The molecule has 0 aliphatic heterocycles. The molecule has 0 saturated heterocycles. The van der Waals surface area contributed by atoms with E-state index in [1.165, 1.54) is 170 Å². The molecule has 0 fully saturated rings. The fraction of sp³-hybridized carbons (Fsp3) is 0. The molecule has 0 N–H and O–H groups in total. The van der Waals surface area contributed by atoms with E-state index in [0.29, 0.717) is 44.2 Å². The molecule has 0 aliphatic carbocycles. The number of halogens is 8. The Kier molecular flexibility index (Phi) is 22.7. The maximum atomic E-state index is 15.9. The zero-order chi connectivity index (χ0) is 94.6. The molecule has 0 aliphatic rings. The Hall–Kier alpha value is -17.7. The van der Waals surface area contributed by atoms with Gasteiger partial charge in [0.2, 0.25) is 0 Å². The van der Waals surface area contributed by atoms with Gasteiger partial charge in [-0.05, 0) is 293 Å². The van der Waals surface area contributed by atoms with Crippen LogP contribution in [-0.4, -0.2) is 0 Å². The molecule has 0 nitrogen and oxygen atoms in total. The molecular formula is C132H80F8. The SMILES string of the molecule is Fc1ccc(-c2ccc(-c3c4ccc(-c5ccc(F)cc5F)cc4c(-c4ccccc4)c4c(-c5ccc(-c6ccc(F)cc6F)cc5)c5ccc(-c6ccc(F)cc6F)cc5c(-c5ccccc5)c34)cc2)c(F)c1.c1ccc(-c2ccc(-c3c4ccc(-c5ccccc5)cc4c(-c4ccccc4)c4c(-c5ccc(-c6ccccc6)cc5)c5ccc(-c6ccccc6)cc5c(-c5ccccc5)c34)cc2)cc1. The van der Waals surface area contributed by atoms with Crippen LogP contribution >= 0.6 is 0 Å². The first-order valence-corrected chi connectivity index (χ1v) is 46.5. The molecule has 8 heteroatoms. The van der Waals surface area contributed by atoms with Crippen molar-refractivity contribution in [3.8, 4) is 178 Å². The second kappa shape index (κ2) is 36.8. The lowest BCUT2D eigenvalue weighted by atomic mass is 9.76. The van der Waals surface area contributed by atoms with Crippen LogP contribution in [0.25, 0.3) is 243 Å². The lowest BCUT2D eigenvalue weighted by Gasteiger charge is -2.26. The minimum absolute atomic E-state index is 0.174. The molecule has 0 atom stereocenters. The molecule has 0 bridgehead atoms. The van der Waals surface area contributed by atoms with E-state index in [9.17, 15) is 17.6 Å². The first kappa shape index (κ1) is 86.4. The van der Waals surface area contributed by atoms with E-state index in [1.807, 2.05) is 109 Å². The number of hydrogen-bond donors (Lipinski definition) is 0. The summed E-state index contributed by atoms with van der Waals surface area (Å²) in [4.78, 5) is 0. The third-order valence-corrected chi connectivity index (χ3v) is 27.1. The number of hydrogen-bond acceptors (Lipinski definition) is 0. The topological polar surface area (TPSA) is 0 Å². The van der Waals surface area contributed by atoms with E-state index in [2.05, 4.69) is 267 Å². The van der Waals surface area contributed by atoms with Crippen molar-refractivity contribution in [3.63, 3.8) is 0 Å². The van der Waals surface area contributed by atoms with Crippen LogP contribution in [0.3, 0.4) is 0 Å². The monoisotopic (exact) mass is 1820 g/mol. The van der Waals surface area contributed by atoms with Crippen LogP contribution in [0.1, 0.15) is 0 Å². The predicted molar refractivity (Wildman–Crippen MR) is 565 cm³/mol. The summed E-state index contributed by atoms with van der Waals surface area (Å²) in [5.74, 6) is -5.83. The summed E-state index contributed by atoms with van der Waals surface area (Å²) in [7, 11) is 0. The van der Waals surface area contributed by atoms with Crippen LogP contribution in [0.4, 0.5) is 35.1 Å². The highest BCUT2D eigenvalue weighted by Crippen LogP contribution is 2.58. The third kappa shape index (κ3) is 16.1. The van der Waals surface area contributed by atoms with Crippen molar-refractivity contribution >= 4 is 64.6 Å². The molecule has 0 radical (unpaired) electrons. The standard InChI is InChI=1S/C66H36F8.C66H44/c67-45-21-27-49(57(71)33-45)37-11-15-41(16-12-37)61-54-26-20-44(52-30-24-48(70)36-60(52)74)32-56(54)64(40-9-5-2-6-10-40)66-62(42-17-13-38(14-18-42)50-28-22-46(68)34-58(50)72)53-25-19-43(51-29-23-47(69)35-59(51)73)31-55(53)63(65(61)66)39-7-3-1-4-8-39;1-7-19-45(20-8-1)49-31-35-53(36-32-49)61-57-41-39-55(47-23-11-3-12-24-47)43-59(57)64(52-29-17-6-18-30-52)66-62(54-37-33-50(34-38-54)46-21-9-2-10-22-46)58-42-40-56(48-25-13-4-14-26-48)44-60(58)63(65(61)66)51-27-15-5-16-28-51/h1-36H;1-44H. The lowest BCUT2D eigenvalue weighted by molar-refractivity contribution is 0.585. The van der Waals surface area contributed by atoms with E-state index in [1.54, 1.807) is 36.4 Å². The summed E-state index contributed by atoms with van der Waals surface area (Å²) < 4.78 is 120. The second-order valence-corrected chi connectivity index (χ2v) is 35.3. The molecular weight excluding hydrogens is 1740 g/mol. The number of rotatable bonds is 16. The van der Waals surface area contributed by atoms with Gasteiger partial charge < -0.3 is 0 Å². The number of fused-ring (bicyclic) bond motifs is 6. The van der Waals surface area contributed by atoms with E-state index < -0.39 is 46.5 Å². The first-order valence-electron chi connectivity index (χ1n) is 46.5. The smallest absolute Gasteiger partial charge is 0.133 e. The molecule has 0 heterocycles. The maximum absolute atomic E-state index is 15.9. The van der Waals surface area contributed by atoms with E-state index >= 15 is 17.6 Å². The van der Waals surface area contributed by atoms with Gasteiger partial charge in [0, 0.05) is 46.5 Å². The van der Waals surface area contributed by atoms with Crippen LogP contribution in [0.2, 0.25) is 0 Å². The Morgan fingerprint density at radius 2 is 0.250 bits per heavy atom. The van der Waals surface area contributed by atoms with Crippen molar-refractivity contribution in [3.05, 3.63) is 532 Å². The van der Waals surface area contributed by atoms with Gasteiger partial charge in [0.25, 0.3) is 0 Å². The van der Waals surface area contributed by atoms with Gasteiger partial charge in [0.1, 0.15) is 46.5 Å². The van der Waals surface area contributed by atoms with Crippen LogP contribution < -0.4 is 0 Å². The molecule has 0 unspecified atom stereocenters. The van der Waals surface area contributed by atoms with Gasteiger partial charge in [-0.15, -0.1) is 0 Å². The Balaban J connectivity index is 0.000000157. The molecule has 0 amide bonds. The van der Waals surface area contributed by atoms with Crippen LogP contribution in [-0.2, 0) is 0 Å². The predicted octanol–water partition coefficient (Wildman–Crippen LogP) is 38.1. The molecule has 24 aromatic carbocycles. The fourth-order valence-electron chi connectivity index (χ4n) is 20.7. The van der Waals surface area contributed by atoms with Crippen LogP contribution in [0.5, 0.6) is 0 Å². The number of benzene rings is 24. The van der Waals surface area contributed by atoms with Gasteiger partial charge in [-0.25, -0.2) is 35.1 Å². The Labute approximate surface area is 804 Å². The van der Waals surface area contributed by atoms with Gasteiger partial charge in [0.05, 0.1) is 0 Å². The zero-order valence-electron chi connectivity index (χ0n) is 75.2. The molecule has 664 valence electrons. The van der Waals surface area contributed by atoms with Crippen molar-refractivity contribution in [2.75, 3.05) is 0 Å². The summed E-state index contributed by atoms with van der Waals surface area (Å²) in [5, 5.41) is 11.7. The molecule has 140 heavy (non-hydrogen) atoms. The van der Waals surface area contributed by atoms with Gasteiger partial charge >= 0.3 is 0 Å². The Morgan fingerprint density at radius 3 is 0.471 bits per heavy atom. The van der Waals surface area contributed by atoms with Crippen molar-refractivity contribution in [2.45, 2.75) is 0 Å². The largest absolute Gasteiger partial charge is 0.207 e. The quantitative estimate of drug-likeness (QED) is 0.0668. The van der Waals surface area contributed by atoms with Crippen molar-refractivity contribution in [2.24, 2.45) is 0 Å². The summed E-state index contributed by atoms with van der Waals surface area (Å²) in [6, 6.07) is 157. The lowest BCUT2D eigenvalue weighted by Crippen LogP contribution is -1.99. The second-order valence-electron chi connectivity index (χ2n) is 35.3. The maximum Gasteiger partial charge on any atom is 0.133 e. The fourth-order valence-corrected chi connectivity index (χ4v) is 20.7. The molecule has 24 rings (SSSR count). The first-order chi connectivity index (χ1) is 68.7. The molecule has 0 saturated carbocycles. The van der Waals surface area contributed by atoms with Gasteiger partial charge in [0.15, 0.2) is 0 Å².